The van der Waals surface area contributed by atoms with E-state index in [1.165, 1.54) is 0 Å². The maximum Gasteiger partial charge on any atom is 0.508 e. The van der Waals surface area contributed by atoms with Crippen molar-refractivity contribution in [2.24, 2.45) is 11.8 Å². The minimum atomic E-state index is -0.688. The van der Waals surface area contributed by atoms with Gasteiger partial charge in [0.05, 0.1) is 17.8 Å². The van der Waals surface area contributed by atoms with Gasteiger partial charge in [0, 0.05) is 11.8 Å². The monoisotopic (exact) mass is 342 g/mol. The highest BCUT2D eigenvalue weighted by Crippen LogP contribution is 2.48. The SMILES string of the molecule is CCC1OC(CC)C(C2(O)CCCC2)C1COC(=O)OC(C)(C)C. The van der Waals surface area contributed by atoms with Crippen LogP contribution in [0.3, 0.4) is 0 Å². The van der Waals surface area contributed by atoms with E-state index < -0.39 is 17.4 Å². The summed E-state index contributed by atoms with van der Waals surface area (Å²) in [5.41, 5.74) is -1.25. The summed E-state index contributed by atoms with van der Waals surface area (Å²) in [7, 11) is 0. The van der Waals surface area contributed by atoms with Gasteiger partial charge in [-0.15, -0.1) is 0 Å². The van der Waals surface area contributed by atoms with Gasteiger partial charge >= 0.3 is 6.16 Å². The predicted octanol–water partition coefficient (Wildman–Crippen LogP) is 4.06. The summed E-state index contributed by atoms with van der Waals surface area (Å²) in [6, 6.07) is 0. The van der Waals surface area contributed by atoms with Gasteiger partial charge in [0.1, 0.15) is 12.2 Å². The fourth-order valence-electron chi connectivity index (χ4n) is 4.39. The van der Waals surface area contributed by atoms with Crippen LogP contribution in [-0.2, 0) is 14.2 Å². The van der Waals surface area contributed by atoms with Gasteiger partial charge in [-0.3, -0.25) is 0 Å². The molecule has 1 aliphatic carbocycles. The van der Waals surface area contributed by atoms with Crippen LogP contribution in [0.15, 0.2) is 0 Å². The molecule has 5 heteroatoms. The maximum atomic E-state index is 11.9. The molecule has 2 aliphatic rings. The first-order valence-corrected chi connectivity index (χ1v) is 9.43. The standard InChI is InChI=1S/C19H34O5/c1-6-14-13(12-22-17(20)24-18(3,4)5)16(15(7-2)23-14)19(21)10-8-9-11-19/h13-16,21H,6-12H2,1-5H3. The molecule has 1 heterocycles. The summed E-state index contributed by atoms with van der Waals surface area (Å²) in [5.74, 6) is 0.0490. The van der Waals surface area contributed by atoms with Gasteiger partial charge < -0.3 is 19.3 Å². The van der Waals surface area contributed by atoms with E-state index in [-0.39, 0.29) is 30.7 Å². The van der Waals surface area contributed by atoms with Crippen LogP contribution in [0.1, 0.15) is 73.1 Å². The first-order chi connectivity index (χ1) is 11.2. The Labute approximate surface area is 146 Å². The molecule has 1 saturated heterocycles. The van der Waals surface area contributed by atoms with E-state index in [2.05, 4.69) is 13.8 Å². The molecule has 2 fully saturated rings. The van der Waals surface area contributed by atoms with Crippen molar-refractivity contribution in [2.45, 2.75) is 96.6 Å². The second-order valence-corrected chi connectivity index (χ2v) is 8.31. The second-order valence-electron chi connectivity index (χ2n) is 8.31. The number of hydrogen-bond acceptors (Lipinski definition) is 5. The maximum absolute atomic E-state index is 11.9. The molecule has 1 saturated carbocycles. The minimum absolute atomic E-state index is 0.0204. The highest BCUT2D eigenvalue weighted by Gasteiger charge is 2.54. The average Bonchev–Trinajstić information content (AvgIpc) is 3.07. The molecule has 0 aromatic heterocycles. The first kappa shape index (κ1) is 19.5. The Kier molecular flexibility index (Phi) is 6.19. The number of ether oxygens (including phenoxy) is 3. The molecule has 0 aromatic rings. The van der Waals surface area contributed by atoms with Crippen LogP contribution in [0.5, 0.6) is 0 Å². The molecular formula is C19H34O5. The zero-order valence-electron chi connectivity index (χ0n) is 15.8. The summed E-state index contributed by atoms with van der Waals surface area (Å²) in [6.45, 7) is 9.88. The largest absolute Gasteiger partial charge is 0.508 e. The number of carbonyl (C=O) groups is 1. The van der Waals surface area contributed by atoms with Gasteiger partial charge in [-0.25, -0.2) is 4.79 Å². The van der Waals surface area contributed by atoms with E-state index in [0.29, 0.717) is 0 Å². The summed E-state index contributed by atoms with van der Waals surface area (Å²) < 4.78 is 16.9. The van der Waals surface area contributed by atoms with Crippen molar-refractivity contribution in [3.63, 3.8) is 0 Å². The third-order valence-electron chi connectivity index (χ3n) is 5.37. The summed E-state index contributed by atoms with van der Waals surface area (Å²) in [5, 5.41) is 11.2. The highest BCUT2D eigenvalue weighted by atomic mass is 16.7. The average molecular weight is 342 g/mol. The topological polar surface area (TPSA) is 65.0 Å². The lowest BCUT2D eigenvalue weighted by molar-refractivity contribution is -0.0654. The van der Waals surface area contributed by atoms with Crippen molar-refractivity contribution in [3.05, 3.63) is 0 Å². The number of aliphatic hydroxyl groups is 1. The minimum Gasteiger partial charge on any atom is -0.434 e. The van der Waals surface area contributed by atoms with E-state index in [1.54, 1.807) is 0 Å². The van der Waals surface area contributed by atoms with E-state index >= 15 is 0 Å². The second kappa shape index (κ2) is 7.61. The molecule has 24 heavy (non-hydrogen) atoms. The van der Waals surface area contributed by atoms with Crippen LogP contribution in [-0.4, -0.2) is 41.3 Å². The Morgan fingerprint density at radius 1 is 1.17 bits per heavy atom. The molecule has 0 spiro atoms. The lowest BCUT2D eigenvalue weighted by Crippen LogP contribution is -2.45. The van der Waals surface area contributed by atoms with Crippen LogP contribution in [0.25, 0.3) is 0 Å². The van der Waals surface area contributed by atoms with Crippen LogP contribution in [0.2, 0.25) is 0 Å². The van der Waals surface area contributed by atoms with Crippen molar-refractivity contribution < 1.29 is 24.1 Å². The van der Waals surface area contributed by atoms with Gasteiger partial charge in [-0.2, -0.15) is 0 Å². The molecule has 1 N–H and O–H groups in total. The number of rotatable bonds is 5. The summed E-state index contributed by atoms with van der Waals surface area (Å²) >= 11 is 0. The highest BCUT2D eigenvalue weighted by molar-refractivity contribution is 5.60. The molecule has 0 bridgehead atoms. The molecule has 0 aromatic carbocycles. The van der Waals surface area contributed by atoms with Crippen molar-refractivity contribution in [2.75, 3.05) is 6.61 Å². The zero-order valence-corrected chi connectivity index (χ0v) is 15.8. The Bertz CT molecular complexity index is 422. The molecule has 4 unspecified atom stereocenters. The van der Waals surface area contributed by atoms with E-state index in [4.69, 9.17) is 14.2 Å². The summed E-state index contributed by atoms with van der Waals surface area (Å²) in [4.78, 5) is 11.9. The normalized spacial score (nSPS) is 32.8. The van der Waals surface area contributed by atoms with Crippen LogP contribution < -0.4 is 0 Å². The Morgan fingerprint density at radius 3 is 2.25 bits per heavy atom. The molecule has 5 nitrogen and oxygen atoms in total. The van der Waals surface area contributed by atoms with E-state index in [9.17, 15) is 9.90 Å². The fourth-order valence-corrected chi connectivity index (χ4v) is 4.39. The van der Waals surface area contributed by atoms with Gasteiger partial charge in [-0.05, 0) is 46.5 Å². The first-order valence-electron chi connectivity index (χ1n) is 9.43. The third kappa shape index (κ3) is 4.42. The smallest absolute Gasteiger partial charge is 0.434 e. The molecule has 0 radical (unpaired) electrons. The van der Waals surface area contributed by atoms with Crippen molar-refractivity contribution in [3.8, 4) is 0 Å². The molecule has 2 rings (SSSR count). The molecular weight excluding hydrogens is 308 g/mol. The predicted molar refractivity (Wildman–Crippen MR) is 91.8 cm³/mol. The van der Waals surface area contributed by atoms with Crippen LogP contribution >= 0.6 is 0 Å². The van der Waals surface area contributed by atoms with Crippen LogP contribution in [0, 0.1) is 11.8 Å². The Morgan fingerprint density at radius 2 is 1.75 bits per heavy atom. The van der Waals surface area contributed by atoms with Gasteiger partial charge in [0.2, 0.25) is 0 Å². The van der Waals surface area contributed by atoms with Crippen molar-refractivity contribution >= 4 is 6.16 Å². The Hall–Kier alpha value is -0.810. The molecule has 140 valence electrons. The molecule has 4 atom stereocenters. The van der Waals surface area contributed by atoms with Gasteiger partial charge in [-0.1, -0.05) is 26.7 Å². The van der Waals surface area contributed by atoms with Gasteiger partial charge in [0.15, 0.2) is 0 Å². The van der Waals surface area contributed by atoms with E-state index in [0.717, 1.165) is 38.5 Å². The zero-order chi connectivity index (χ0) is 18.0. The van der Waals surface area contributed by atoms with E-state index in [1.807, 2.05) is 20.8 Å². The lowest BCUT2D eigenvalue weighted by Gasteiger charge is -2.36. The van der Waals surface area contributed by atoms with Crippen molar-refractivity contribution in [1.82, 2.24) is 0 Å². The Balaban J connectivity index is 2.09. The fraction of sp³-hybridized carbons (Fsp3) is 0.947. The lowest BCUT2D eigenvalue weighted by atomic mass is 9.73. The summed E-state index contributed by atoms with van der Waals surface area (Å²) in [6.07, 6.45) is 4.87. The quantitative estimate of drug-likeness (QED) is 0.763. The molecule has 1 aliphatic heterocycles. The molecule has 0 amide bonds. The number of carbonyl (C=O) groups excluding carboxylic acids is 1. The van der Waals surface area contributed by atoms with Crippen molar-refractivity contribution in [1.29, 1.82) is 0 Å². The third-order valence-corrected chi connectivity index (χ3v) is 5.37. The van der Waals surface area contributed by atoms with Crippen LogP contribution in [0.4, 0.5) is 4.79 Å². The van der Waals surface area contributed by atoms with Gasteiger partial charge in [0.25, 0.3) is 0 Å². The number of hydrogen-bond donors (Lipinski definition) is 1.